The van der Waals surface area contributed by atoms with Crippen LogP contribution in [0.2, 0.25) is 10.0 Å². The number of methoxy groups -OCH3 is 2. The maximum absolute atomic E-state index is 13.6. The lowest BCUT2D eigenvalue weighted by Gasteiger charge is -2.39. The van der Waals surface area contributed by atoms with Crippen LogP contribution >= 0.6 is 35.0 Å². The Morgan fingerprint density at radius 1 is 1.07 bits per heavy atom. The van der Waals surface area contributed by atoms with Crippen LogP contribution in [0.3, 0.4) is 0 Å². The number of hydrogen-bond donors (Lipinski definition) is 0. The summed E-state index contributed by atoms with van der Waals surface area (Å²) in [4.78, 5) is 14.9. The minimum absolute atomic E-state index is 0.233. The molecule has 2 aromatic heterocycles. The fraction of sp³-hybridized carbons (Fsp3) is 0.316. The molecule has 0 spiro atoms. The minimum Gasteiger partial charge on any atom is -0.495 e. The van der Waals surface area contributed by atoms with E-state index in [1.54, 1.807) is 18.3 Å². The zero-order chi connectivity index (χ0) is 21.6. The molecule has 158 valence electrons. The highest BCUT2D eigenvalue weighted by atomic mass is 35.5. The standard InChI is InChI=1S/C19H16Cl2F2N4O2S/c1-28-11-5-12(29-2)15(21)13(14(11)20)10-4-9-6-24-18(30-3)26-16(9)17(25-10)27-7-19(22,23)8-27/h4-6H,7-8H2,1-3H3. The molecule has 1 saturated heterocycles. The molecule has 0 unspecified atom stereocenters. The van der Waals surface area contributed by atoms with E-state index in [0.717, 1.165) is 0 Å². The summed E-state index contributed by atoms with van der Waals surface area (Å²) in [5, 5.41) is 1.61. The summed E-state index contributed by atoms with van der Waals surface area (Å²) >= 11 is 14.4. The molecule has 0 N–H and O–H groups in total. The number of aromatic nitrogens is 3. The lowest BCUT2D eigenvalue weighted by Crippen LogP contribution is -2.56. The Kier molecular flexibility index (Phi) is 5.54. The van der Waals surface area contributed by atoms with Crippen LogP contribution in [0, 0.1) is 0 Å². The van der Waals surface area contributed by atoms with Crippen molar-refractivity contribution in [3.8, 4) is 22.8 Å². The number of fused-ring (bicyclic) bond motifs is 1. The molecule has 6 nitrogen and oxygen atoms in total. The van der Waals surface area contributed by atoms with Crippen molar-refractivity contribution in [2.45, 2.75) is 11.1 Å². The van der Waals surface area contributed by atoms with E-state index in [2.05, 4.69) is 15.0 Å². The van der Waals surface area contributed by atoms with Gasteiger partial charge in [-0.1, -0.05) is 35.0 Å². The molecule has 1 fully saturated rings. The monoisotopic (exact) mass is 472 g/mol. The third kappa shape index (κ3) is 3.59. The average molecular weight is 473 g/mol. The van der Waals surface area contributed by atoms with Gasteiger partial charge in [-0.05, 0) is 12.3 Å². The van der Waals surface area contributed by atoms with Gasteiger partial charge >= 0.3 is 0 Å². The second-order valence-electron chi connectivity index (χ2n) is 6.62. The van der Waals surface area contributed by atoms with E-state index in [-0.39, 0.29) is 10.0 Å². The summed E-state index contributed by atoms with van der Waals surface area (Å²) in [7, 11) is 2.94. The van der Waals surface area contributed by atoms with Crippen LogP contribution in [-0.4, -0.2) is 54.4 Å². The normalized spacial score (nSPS) is 15.2. The smallest absolute Gasteiger partial charge is 0.282 e. The molecule has 1 aliphatic heterocycles. The fourth-order valence-electron chi connectivity index (χ4n) is 3.23. The van der Waals surface area contributed by atoms with Crippen molar-refractivity contribution in [3.05, 3.63) is 28.4 Å². The van der Waals surface area contributed by atoms with Gasteiger partial charge in [0.15, 0.2) is 11.0 Å². The highest BCUT2D eigenvalue weighted by molar-refractivity contribution is 7.98. The Morgan fingerprint density at radius 2 is 1.70 bits per heavy atom. The maximum atomic E-state index is 13.6. The number of anilines is 1. The highest BCUT2D eigenvalue weighted by Crippen LogP contribution is 2.47. The molecule has 0 amide bonds. The third-order valence-corrected chi connectivity index (χ3v) is 5.99. The lowest BCUT2D eigenvalue weighted by atomic mass is 10.1. The van der Waals surface area contributed by atoms with Crippen molar-refractivity contribution in [2.75, 3.05) is 38.5 Å². The van der Waals surface area contributed by atoms with Crippen molar-refractivity contribution >= 4 is 51.7 Å². The molecule has 11 heteroatoms. The molecule has 0 bridgehead atoms. The summed E-state index contributed by atoms with van der Waals surface area (Å²) in [6.07, 6.45) is 3.46. The maximum Gasteiger partial charge on any atom is 0.282 e. The Bertz CT molecular complexity index is 1110. The van der Waals surface area contributed by atoms with Crippen LogP contribution in [-0.2, 0) is 0 Å². The van der Waals surface area contributed by atoms with Crippen molar-refractivity contribution in [1.29, 1.82) is 0 Å². The van der Waals surface area contributed by atoms with Gasteiger partial charge in [0.1, 0.15) is 17.0 Å². The van der Waals surface area contributed by atoms with Gasteiger partial charge in [-0.15, -0.1) is 0 Å². The molecular formula is C19H16Cl2F2N4O2S. The summed E-state index contributed by atoms with van der Waals surface area (Å²) in [6.45, 7) is -0.889. The predicted octanol–water partition coefficient (Wildman–Crippen LogP) is 5.19. The Balaban J connectivity index is 1.97. The number of rotatable bonds is 5. The van der Waals surface area contributed by atoms with Crippen LogP contribution in [0.15, 0.2) is 23.5 Å². The van der Waals surface area contributed by atoms with E-state index >= 15 is 0 Å². The summed E-state index contributed by atoms with van der Waals surface area (Å²) < 4.78 is 37.8. The second-order valence-corrected chi connectivity index (χ2v) is 8.15. The van der Waals surface area contributed by atoms with Crippen LogP contribution in [0.25, 0.3) is 22.2 Å². The molecule has 4 rings (SSSR count). The van der Waals surface area contributed by atoms with E-state index < -0.39 is 19.0 Å². The minimum atomic E-state index is -2.77. The van der Waals surface area contributed by atoms with Crippen molar-refractivity contribution in [2.24, 2.45) is 0 Å². The van der Waals surface area contributed by atoms with Crippen molar-refractivity contribution in [3.63, 3.8) is 0 Å². The van der Waals surface area contributed by atoms with Crippen LogP contribution in [0.4, 0.5) is 14.6 Å². The average Bonchev–Trinajstić information content (AvgIpc) is 2.71. The molecular weight excluding hydrogens is 457 g/mol. The Morgan fingerprint density at radius 3 is 2.23 bits per heavy atom. The fourth-order valence-corrected chi connectivity index (χ4v) is 4.26. The van der Waals surface area contributed by atoms with Gasteiger partial charge in [0.25, 0.3) is 5.92 Å². The first kappa shape index (κ1) is 21.1. The first-order chi connectivity index (χ1) is 14.3. The quantitative estimate of drug-likeness (QED) is 0.373. The van der Waals surface area contributed by atoms with Crippen LogP contribution in [0.5, 0.6) is 11.5 Å². The highest BCUT2D eigenvalue weighted by Gasteiger charge is 2.45. The molecule has 1 aromatic carbocycles. The Hall–Kier alpha value is -2.10. The van der Waals surface area contributed by atoms with Gasteiger partial charge in [0.2, 0.25) is 0 Å². The molecule has 3 aromatic rings. The largest absolute Gasteiger partial charge is 0.495 e. The number of pyridine rings is 1. The number of alkyl halides is 2. The number of halogens is 4. The lowest BCUT2D eigenvalue weighted by molar-refractivity contribution is -0.0265. The first-order valence-electron chi connectivity index (χ1n) is 8.73. The zero-order valence-electron chi connectivity index (χ0n) is 16.2. The molecule has 0 radical (unpaired) electrons. The topological polar surface area (TPSA) is 60.4 Å². The summed E-state index contributed by atoms with van der Waals surface area (Å²) in [5.41, 5.74) is 1.23. The van der Waals surface area contributed by atoms with Crippen LogP contribution < -0.4 is 14.4 Å². The molecule has 0 atom stereocenters. The summed E-state index contributed by atoms with van der Waals surface area (Å²) in [6, 6.07) is 3.28. The van der Waals surface area contributed by atoms with Gasteiger partial charge in [-0.25, -0.2) is 23.7 Å². The first-order valence-corrected chi connectivity index (χ1v) is 10.7. The number of benzene rings is 1. The van der Waals surface area contributed by atoms with Gasteiger partial charge in [-0.2, -0.15) is 0 Å². The van der Waals surface area contributed by atoms with Gasteiger partial charge < -0.3 is 14.4 Å². The van der Waals surface area contributed by atoms with E-state index in [1.807, 2.05) is 6.26 Å². The third-order valence-electron chi connectivity index (χ3n) is 4.68. The number of nitrogens with zero attached hydrogens (tertiary/aromatic N) is 4. The van der Waals surface area contributed by atoms with E-state index in [1.165, 1.54) is 30.9 Å². The molecule has 30 heavy (non-hydrogen) atoms. The summed E-state index contributed by atoms with van der Waals surface area (Å²) in [5.74, 6) is -1.75. The molecule has 0 aliphatic carbocycles. The number of ether oxygens (including phenoxy) is 2. The molecule has 1 aliphatic rings. The van der Waals surface area contributed by atoms with Gasteiger partial charge in [0.05, 0.1) is 43.0 Å². The van der Waals surface area contributed by atoms with Gasteiger partial charge in [-0.3, -0.25) is 0 Å². The zero-order valence-corrected chi connectivity index (χ0v) is 18.5. The van der Waals surface area contributed by atoms with E-state index in [4.69, 9.17) is 32.7 Å². The van der Waals surface area contributed by atoms with Crippen molar-refractivity contribution in [1.82, 2.24) is 15.0 Å². The van der Waals surface area contributed by atoms with Crippen LogP contribution in [0.1, 0.15) is 0 Å². The molecule has 3 heterocycles. The van der Waals surface area contributed by atoms with Crippen molar-refractivity contribution < 1.29 is 18.3 Å². The molecule has 0 saturated carbocycles. The predicted molar refractivity (Wildman–Crippen MR) is 115 cm³/mol. The number of thioether (sulfide) groups is 1. The Labute approximate surface area is 185 Å². The van der Waals surface area contributed by atoms with Gasteiger partial charge in [0, 0.05) is 23.2 Å². The SMILES string of the molecule is COc1cc(OC)c(Cl)c(-c2cc3cnc(SC)nc3c(N3CC(F)(F)C3)n2)c1Cl. The number of hydrogen-bond acceptors (Lipinski definition) is 7. The second kappa shape index (κ2) is 7.86. The van der Waals surface area contributed by atoms with E-state index in [0.29, 0.717) is 44.6 Å². The van der Waals surface area contributed by atoms with E-state index in [9.17, 15) is 8.78 Å².